The lowest BCUT2D eigenvalue weighted by atomic mass is 9.88. The predicted molar refractivity (Wildman–Crippen MR) is 110 cm³/mol. The van der Waals surface area contributed by atoms with Crippen LogP contribution in [-0.4, -0.2) is 77.7 Å². The highest BCUT2D eigenvalue weighted by Crippen LogP contribution is 2.46. The molecule has 0 spiro atoms. The number of ketones is 1. The Hall–Kier alpha value is -2.89. The zero-order valence-electron chi connectivity index (χ0n) is 17.2. The topological polar surface area (TPSA) is 188 Å². The molecule has 0 aromatic heterocycles. The first kappa shape index (κ1) is 23.8. The summed E-state index contributed by atoms with van der Waals surface area (Å²) in [4.78, 5) is 12.8. The highest BCUT2D eigenvalue weighted by Gasteiger charge is 2.46. The molecule has 1 aliphatic heterocycles. The Balaban J connectivity index is 1.92. The van der Waals surface area contributed by atoms with Crippen LogP contribution < -0.4 is 0 Å². The van der Waals surface area contributed by atoms with Gasteiger partial charge in [0, 0.05) is 12.5 Å². The van der Waals surface area contributed by atoms with Crippen molar-refractivity contribution in [1.82, 2.24) is 0 Å². The van der Waals surface area contributed by atoms with E-state index in [0.29, 0.717) is 11.1 Å². The van der Waals surface area contributed by atoms with E-state index in [0.717, 1.165) is 6.07 Å². The molecule has 3 rings (SSSR count). The van der Waals surface area contributed by atoms with E-state index < -0.39 is 71.3 Å². The first-order chi connectivity index (χ1) is 15.1. The molecule has 8 N–H and O–H groups in total. The van der Waals surface area contributed by atoms with Gasteiger partial charge in [0.25, 0.3) is 0 Å². The number of rotatable bonds is 6. The van der Waals surface area contributed by atoms with Crippen molar-refractivity contribution in [2.24, 2.45) is 0 Å². The van der Waals surface area contributed by atoms with Gasteiger partial charge in [-0.1, -0.05) is 12.1 Å². The van der Waals surface area contributed by atoms with Crippen molar-refractivity contribution in [1.29, 1.82) is 0 Å². The number of aliphatic hydroxyl groups excluding tert-OH is 4. The summed E-state index contributed by atoms with van der Waals surface area (Å²) in [5.74, 6) is -2.90. The third kappa shape index (κ3) is 4.36. The molecular formula is C22H26O10. The van der Waals surface area contributed by atoms with Crippen molar-refractivity contribution < 1.29 is 50.4 Å². The zero-order valence-corrected chi connectivity index (χ0v) is 17.2. The summed E-state index contributed by atoms with van der Waals surface area (Å²) in [6.45, 7) is 0.994. The maximum Gasteiger partial charge on any atom is 0.170 e. The molecular weight excluding hydrogens is 424 g/mol. The molecule has 2 aromatic rings. The van der Waals surface area contributed by atoms with Crippen LogP contribution in [0.3, 0.4) is 0 Å². The summed E-state index contributed by atoms with van der Waals surface area (Å²) >= 11 is 0. The molecule has 32 heavy (non-hydrogen) atoms. The number of hydrogen-bond donors (Lipinski definition) is 8. The van der Waals surface area contributed by atoms with Gasteiger partial charge < -0.3 is 45.6 Å². The van der Waals surface area contributed by atoms with Crippen molar-refractivity contribution in [3.8, 4) is 23.0 Å². The molecule has 10 heteroatoms. The van der Waals surface area contributed by atoms with Crippen LogP contribution >= 0.6 is 0 Å². The molecule has 0 radical (unpaired) electrons. The van der Waals surface area contributed by atoms with E-state index in [9.17, 15) is 45.6 Å². The minimum absolute atomic E-state index is 0.0650. The second-order valence-corrected chi connectivity index (χ2v) is 7.85. The number of carbonyl (C=O) groups excluding carboxylic acids is 1. The van der Waals surface area contributed by atoms with E-state index in [1.165, 1.54) is 6.07 Å². The highest BCUT2D eigenvalue weighted by molar-refractivity contribution is 6.02. The Kier molecular flexibility index (Phi) is 6.91. The monoisotopic (exact) mass is 450 g/mol. The summed E-state index contributed by atoms with van der Waals surface area (Å²) < 4.78 is 5.36. The van der Waals surface area contributed by atoms with Crippen LogP contribution in [0.1, 0.15) is 39.6 Å². The number of carbonyl (C=O) groups is 1. The van der Waals surface area contributed by atoms with E-state index in [-0.39, 0.29) is 18.6 Å². The van der Waals surface area contributed by atoms with Crippen LogP contribution in [0, 0.1) is 6.92 Å². The molecule has 0 saturated carbocycles. The molecule has 2 aromatic carbocycles. The number of aromatic hydroxyl groups is 4. The van der Waals surface area contributed by atoms with E-state index in [4.69, 9.17) is 4.74 Å². The van der Waals surface area contributed by atoms with Crippen molar-refractivity contribution in [2.45, 2.75) is 50.3 Å². The first-order valence-electron chi connectivity index (χ1n) is 9.96. The smallest absolute Gasteiger partial charge is 0.170 e. The number of aryl methyl sites for hydroxylation is 2. The summed E-state index contributed by atoms with van der Waals surface area (Å²) in [5.41, 5.74) is 0.313. The second kappa shape index (κ2) is 9.31. The fraction of sp³-hybridized carbons (Fsp3) is 0.409. The minimum atomic E-state index is -1.81. The van der Waals surface area contributed by atoms with Gasteiger partial charge in [-0.05, 0) is 30.5 Å². The molecule has 0 aliphatic carbocycles. The Morgan fingerprint density at radius 1 is 0.938 bits per heavy atom. The van der Waals surface area contributed by atoms with E-state index in [1.54, 1.807) is 19.1 Å². The Morgan fingerprint density at radius 3 is 2.25 bits per heavy atom. The van der Waals surface area contributed by atoms with Gasteiger partial charge in [-0.25, -0.2) is 0 Å². The minimum Gasteiger partial charge on any atom is -0.508 e. The maximum absolute atomic E-state index is 12.8. The Morgan fingerprint density at radius 2 is 1.62 bits per heavy atom. The van der Waals surface area contributed by atoms with Crippen LogP contribution in [0.25, 0.3) is 0 Å². The number of Topliss-reactive ketones (excluding diaryl/α,β-unsaturated/α-hetero) is 1. The van der Waals surface area contributed by atoms with E-state index in [2.05, 4.69) is 0 Å². The van der Waals surface area contributed by atoms with Crippen molar-refractivity contribution in [2.75, 3.05) is 6.61 Å². The fourth-order valence-corrected chi connectivity index (χ4v) is 3.75. The number of phenolic OH excluding ortho intramolecular Hbond substituents is 4. The summed E-state index contributed by atoms with van der Waals surface area (Å²) in [7, 11) is 0. The average molecular weight is 450 g/mol. The standard InChI is InChI=1S/C22H26O10/c1-9-2-3-10(6-12(9)25)4-5-11(24)16-13(26)7-14(27)17(19(16)29)22-21(31)20(30)18(28)15(8-23)32-22/h2-3,6-7,15,18,20-23,25-31H,4-5,8H2,1H3. The van der Waals surface area contributed by atoms with Gasteiger partial charge in [0.2, 0.25) is 0 Å². The lowest BCUT2D eigenvalue weighted by molar-refractivity contribution is -0.232. The van der Waals surface area contributed by atoms with E-state index >= 15 is 0 Å². The molecule has 1 heterocycles. The van der Waals surface area contributed by atoms with Gasteiger partial charge in [-0.2, -0.15) is 0 Å². The van der Waals surface area contributed by atoms with Crippen LogP contribution in [0.2, 0.25) is 0 Å². The molecule has 0 amide bonds. The fourth-order valence-electron chi connectivity index (χ4n) is 3.75. The van der Waals surface area contributed by atoms with Crippen LogP contribution in [0.15, 0.2) is 24.3 Å². The number of aliphatic hydroxyl groups is 4. The number of phenols is 4. The van der Waals surface area contributed by atoms with Gasteiger partial charge >= 0.3 is 0 Å². The number of hydrogen-bond acceptors (Lipinski definition) is 10. The summed E-state index contributed by atoms with van der Waals surface area (Å²) in [6, 6.07) is 5.69. The van der Waals surface area contributed by atoms with Crippen molar-refractivity contribution in [3.05, 3.63) is 46.5 Å². The third-order valence-corrected chi connectivity index (χ3v) is 5.67. The summed E-state index contributed by atoms with van der Waals surface area (Å²) in [6.07, 6.45) is -8.13. The number of ether oxygens (including phenoxy) is 1. The third-order valence-electron chi connectivity index (χ3n) is 5.67. The first-order valence-corrected chi connectivity index (χ1v) is 9.96. The van der Waals surface area contributed by atoms with Gasteiger partial charge in [0.15, 0.2) is 5.78 Å². The normalized spacial score (nSPS) is 25.6. The van der Waals surface area contributed by atoms with Gasteiger partial charge in [0.1, 0.15) is 59.1 Å². The number of benzene rings is 2. The quantitative estimate of drug-likeness (QED) is 0.281. The Labute approximate surface area is 183 Å². The maximum atomic E-state index is 12.8. The molecule has 1 saturated heterocycles. The second-order valence-electron chi connectivity index (χ2n) is 7.85. The molecule has 5 atom stereocenters. The Bertz CT molecular complexity index is 1000. The van der Waals surface area contributed by atoms with Gasteiger partial charge in [-0.3, -0.25) is 4.79 Å². The molecule has 1 aliphatic rings. The van der Waals surface area contributed by atoms with Crippen molar-refractivity contribution in [3.63, 3.8) is 0 Å². The van der Waals surface area contributed by atoms with Crippen LogP contribution in [0.4, 0.5) is 0 Å². The zero-order chi connectivity index (χ0) is 23.7. The lowest BCUT2D eigenvalue weighted by Gasteiger charge is -2.40. The van der Waals surface area contributed by atoms with Crippen LogP contribution in [0.5, 0.6) is 23.0 Å². The predicted octanol–water partition coefficient (Wildman–Crippen LogP) is 0.148. The molecule has 10 nitrogen and oxygen atoms in total. The molecule has 0 bridgehead atoms. The van der Waals surface area contributed by atoms with E-state index in [1.807, 2.05) is 0 Å². The van der Waals surface area contributed by atoms with Crippen LogP contribution in [-0.2, 0) is 11.2 Å². The average Bonchev–Trinajstić information content (AvgIpc) is 2.74. The summed E-state index contributed by atoms with van der Waals surface area (Å²) in [5, 5.41) is 80.6. The highest BCUT2D eigenvalue weighted by atomic mass is 16.5. The van der Waals surface area contributed by atoms with Crippen molar-refractivity contribution >= 4 is 5.78 Å². The largest absolute Gasteiger partial charge is 0.508 e. The van der Waals surface area contributed by atoms with Gasteiger partial charge in [-0.15, -0.1) is 0 Å². The molecule has 1 fully saturated rings. The lowest BCUT2D eigenvalue weighted by Crippen LogP contribution is -2.55. The molecule has 174 valence electrons. The molecule has 5 unspecified atom stereocenters. The SMILES string of the molecule is Cc1ccc(CCC(=O)c2c(O)cc(O)c(C3OC(CO)C(O)C(O)C3O)c2O)cc1O. The van der Waals surface area contributed by atoms with Gasteiger partial charge in [0.05, 0.1) is 12.2 Å².